The summed E-state index contributed by atoms with van der Waals surface area (Å²) in [7, 11) is 0. The Morgan fingerprint density at radius 1 is 1.07 bits per heavy atom. The van der Waals surface area contributed by atoms with Crippen LogP contribution < -0.4 is 5.32 Å². The van der Waals surface area contributed by atoms with Gasteiger partial charge < -0.3 is 5.32 Å². The second-order valence-corrected chi connectivity index (χ2v) is 6.84. The molecule has 146 valence electrons. The smallest absolute Gasteiger partial charge is 0.147 e. The number of nitriles is 1. The summed E-state index contributed by atoms with van der Waals surface area (Å²) in [5, 5.41) is 11.8. The lowest BCUT2D eigenvalue weighted by Gasteiger charge is -2.10. The van der Waals surface area contributed by atoms with Crippen molar-refractivity contribution in [3.63, 3.8) is 0 Å². The van der Waals surface area contributed by atoms with Crippen LogP contribution in [0.1, 0.15) is 76.7 Å². The van der Waals surface area contributed by atoms with Gasteiger partial charge in [0.1, 0.15) is 5.82 Å². The van der Waals surface area contributed by atoms with Gasteiger partial charge in [-0.2, -0.15) is 5.26 Å². The van der Waals surface area contributed by atoms with E-state index in [2.05, 4.69) is 43.1 Å². The molecule has 27 heavy (non-hydrogen) atoms. The number of nitrogens with zero attached hydrogens (tertiary/aromatic N) is 1. The first-order valence-corrected chi connectivity index (χ1v) is 10.1. The average molecular weight is 369 g/mol. The topological polar surface area (TPSA) is 35.8 Å². The maximum atomic E-state index is 13.8. The molecule has 0 radical (unpaired) electrons. The van der Waals surface area contributed by atoms with Crippen LogP contribution in [0.2, 0.25) is 0 Å². The van der Waals surface area contributed by atoms with Crippen LogP contribution in [-0.4, -0.2) is 0 Å². The molecule has 1 rings (SSSR count). The molecule has 2 nitrogen and oxygen atoms in total. The van der Waals surface area contributed by atoms with Crippen LogP contribution in [0.4, 0.5) is 10.1 Å². The quantitative estimate of drug-likeness (QED) is 0.270. The van der Waals surface area contributed by atoms with Crippen molar-refractivity contribution in [3.05, 3.63) is 66.2 Å². The Hall–Kier alpha value is -2.34. The van der Waals surface area contributed by atoms with Gasteiger partial charge in [-0.25, -0.2) is 4.39 Å². The molecule has 1 N–H and O–H groups in total. The van der Waals surface area contributed by atoms with E-state index in [9.17, 15) is 4.39 Å². The third kappa shape index (κ3) is 11.1. The Kier molecular flexibility index (Phi) is 12.4. The Labute approximate surface area is 164 Å². The lowest BCUT2D eigenvalue weighted by Crippen LogP contribution is -2.00. The van der Waals surface area contributed by atoms with E-state index in [-0.39, 0.29) is 0 Å². The van der Waals surface area contributed by atoms with E-state index in [1.165, 1.54) is 44.6 Å². The minimum absolute atomic E-state index is 0.324. The minimum Gasteiger partial charge on any atom is -0.357 e. The monoisotopic (exact) mass is 368 g/mol. The molecule has 0 bridgehead atoms. The fraction of sp³-hybridized carbons (Fsp3) is 0.458. The Balaban J connectivity index is 2.06. The molecule has 3 heteroatoms. The summed E-state index contributed by atoms with van der Waals surface area (Å²) in [5.41, 5.74) is 1.52. The number of nitrogens with one attached hydrogen (secondary N) is 1. The number of hydrogen-bond donors (Lipinski definition) is 1. The van der Waals surface area contributed by atoms with Gasteiger partial charge in [-0.15, -0.1) is 0 Å². The first kappa shape index (κ1) is 22.7. The van der Waals surface area contributed by atoms with Crippen molar-refractivity contribution in [2.45, 2.75) is 71.1 Å². The molecule has 0 atom stereocenters. The molecule has 0 spiro atoms. The number of benzene rings is 1. The Morgan fingerprint density at radius 3 is 2.37 bits per heavy atom. The molecule has 0 aliphatic rings. The van der Waals surface area contributed by atoms with Gasteiger partial charge in [-0.3, -0.25) is 0 Å². The highest BCUT2D eigenvalue weighted by molar-refractivity contribution is 5.52. The van der Waals surface area contributed by atoms with Gasteiger partial charge in [0.25, 0.3) is 0 Å². The zero-order chi connectivity index (χ0) is 19.7. The second kappa shape index (κ2) is 14.8. The predicted molar refractivity (Wildman–Crippen MR) is 114 cm³/mol. The summed E-state index contributed by atoms with van der Waals surface area (Å²) in [4.78, 5) is 0. The highest BCUT2D eigenvalue weighted by Crippen LogP contribution is 2.19. The van der Waals surface area contributed by atoms with Gasteiger partial charge in [0, 0.05) is 5.70 Å². The fourth-order valence-corrected chi connectivity index (χ4v) is 2.75. The zero-order valence-electron chi connectivity index (χ0n) is 16.6. The maximum absolute atomic E-state index is 13.8. The first-order chi connectivity index (χ1) is 13.2. The minimum atomic E-state index is -0.415. The van der Waals surface area contributed by atoms with Gasteiger partial charge in [0.2, 0.25) is 0 Å². The Bertz CT molecular complexity index is 653. The van der Waals surface area contributed by atoms with E-state index < -0.39 is 5.82 Å². The third-order valence-corrected chi connectivity index (χ3v) is 4.37. The van der Waals surface area contributed by atoms with Crippen LogP contribution in [0.15, 0.2) is 54.8 Å². The molecular formula is C24H33FN2. The van der Waals surface area contributed by atoms with E-state index >= 15 is 0 Å². The van der Waals surface area contributed by atoms with Crippen LogP contribution in [0.25, 0.3) is 0 Å². The molecule has 1 aromatic carbocycles. The van der Waals surface area contributed by atoms with Crippen LogP contribution in [-0.2, 0) is 0 Å². The maximum Gasteiger partial charge on any atom is 0.147 e. The lowest BCUT2D eigenvalue weighted by atomic mass is 10.1. The molecule has 0 unspecified atom stereocenters. The number of anilines is 1. The highest BCUT2D eigenvalue weighted by atomic mass is 19.1. The molecular weight excluding hydrogens is 335 g/mol. The predicted octanol–water partition coefficient (Wildman–Crippen LogP) is 7.66. The van der Waals surface area contributed by atoms with Crippen LogP contribution >= 0.6 is 0 Å². The molecule has 0 saturated heterocycles. The molecule has 0 aromatic heterocycles. The summed E-state index contributed by atoms with van der Waals surface area (Å²) < 4.78 is 13.8. The number of hydrogen-bond acceptors (Lipinski definition) is 2. The number of rotatable bonds is 14. The first-order valence-electron chi connectivity index (χ1n) is 10.1. The van der Waals surface area contributed by atoms with E-state index in [4.69, 9.17) is 5.26 Å². The van der Waals surface area contributed by atoms with Crippen molar-refractivity contribution >= 4 is 5.69 Å². The summed E-state index contributed by atoms with van der Waals surface area (Å²) in [6.45, 7) is 6.19. The fourth-order valence-electron chi connectivity index (χ4n) is 2.75. The van der Waals surface area contributed by atoms with Crippen molar-refractivity contribution in [1.82, 2.24) is 0 Å². The molecule has 0 saturated carbocycles. The van der Waals surface area contributed by atoms with Crippen molar-refractivity contribution in [1.29, 1.82) is 5.26 Å². The van der Waals surface area contributed by atoms with E-state index in [1.807, 2.05) is 6.07 Å². The summed E-state index contributed by atoms with van der Waals surface area (Å²) in [5.74, 6) is -0.415. The average Bonchev–Trinajstić information content (AvgIpc) is 2.67. The van der Waals surface area contributed by atoms with Crippen molar-refractivity contribution < 1.29 is 4.39 Å². The number of halogens is 1. The number of allylic oxidation sites excluding steroid dienone is 5. The third-order valence-electron chi connectivity index (χ3n) is 4.37. The standard InChI is InChI=1S/C24H33FN2/c1-3-4-5-6-7-8-9-10-11-12-13-14-15-16-21(2)27-24-18-17-22(20-26)19-23(24)25/h7-10,17-19,27H,2-6,11-16H2,1H3/b8-7+,10-9+. The van der Waals surface area contributed by atoms with Gasteiger partial charge in [-0.1, -0.05) is 63.5 Å². The molecule has 0 aliphatic carbocycles. The van der Waals surface area contributed by atoms with Gasteiger partial charge in [0.05, 0.1) is 17.3 Å². The summed E-state index contributed by atoms with van der Waals surface area (Å²) in [6, 6.07) is 6.36. The second-order valence-electron chi connectivity index (χ2n) is 6.84. The van der Waals surface area contributed by atoms with Crippen LogP contribution in [0.3, 0.4) is 0 Å². The van der Waals surface area contributed by atoms with Gasteiger partial charge in [0.15, 0.2) is 0 Å². The van der Waals surface area contributed by atoms with E-state index in [0.717, 1.165) is 31.4 Å². The normalized spacial score (nSPS) is 11.1. The molecule has 0 amide bonds. The van der Waals surface area contributed by atoms with Crippen molar-refractivity contribution in [2.75, 3.05) is 5.32 Å². The van der Waals surface area contributed by atoms with Crippen molar-refractivity contribution in [3.8, 4) is 6.07 Å². The highest BCUT2D eigenvalue weighted by Gasteiger charge is 2.04. The van der Waals surface area contributed by atoms with Gasteiger partial charge >= 0.3 is 0 Å². The van der Waals surface area contributed by atoms with Crippen molar-refractivity contribution in [2.24, 2.45) is 0 Å². The zero-order valence-corrected chi connectivity index (χ0v) is 16.6. The largest absolute Gasteiger partial charge is 0.357 e. The van der Waals surface area contributed by atoms with E-state index in [1.54, 1.807) is 12.1 Å². The molecule has 0 fully saturated rings. The molecule has 0 aliphatic heterocycles. The lowest BCUT2D eigenvalue weighted by molar-refractivity contribution is 0.628. The van der Waals surface area contributed by atoms with E-state index in [0.29, 0.717) is 11.3 Å². The summed E-state index contributed by atoms with van der Waals surface area (Å²) in [6.07, 6.45) is 20.4. The van der Waals surface area contributed by atoms with Crippen LogP contribution in [0, 0.1) is 17.1 Å². The Morgan fingerprint density at radius 2 is 1.74 bits per heavy atom. The summed E-state index contributed by atoms with van der Waals surface area (Å²) >= 11 is 0. The molecule has 1 aromatic rings. The van der Waals surface area contributed by atoms with Crippen LogP contribution in [0.5, 0.6) is 0 Å². The number of unbranched alkanes of at least 4 members (excludes halogenated alkanes) is 7. The van der Waals surface area contributed by atoms with Gasteiger partial charge in [-0.05, 0) is 56.7 Å². The SMILES string of the molecule is C=C(CCCCCC/C=C/C=C/CCCCC)Nc1ccc(C#N)cc1F. The molecule has 0 heterocycles.